The van der Waals surface area contributed by atoms with E-state index in [0.29, 0.717) is 0 Å². The van der Waals surface area contributed by atoms with Crippen molar-refractivity contribution in [2.75, 3.05) is 0 Å². The van der Waals surface area contributed by atoms with Crippen molar-refractivity contribution in [2.45, 2.75) is 39.2 Å². The first kappa shape index (κ1) is 12.0. The van der Waals surface area contributed by atoms with Gasteiger partial charge in [0.25, 0.3) is 0 Å². The van der Waals surface area contributed by atoms with Gasteiger partial charge >= 0.3 is 0 Å². The Morgan fingerprint density at radius 2 is 1.73 bits per heavy atom. The summed E-state index contributed by atoms with van der Waals surface area (Å²) in [4.78, 5) is 0. The standard InChI is InChI=1S/C14H20O/c1-4-14(15,5-2)12(3)11-13-9-7-6-8-10-13/h6-11,15H,4-5H2,1-3H3/b12-11+. The second-order valence-corrected chi connectivity index (χ2v) is 3.98. The molecule has 1 heteroatoms. The Bertz CT molecular complexity index is 320. The molecule has 1 aromatic rings. The van der Waals surface area contributed by atoms with Crippen molar-refractivity contribution in [1.29, 1.82) is 0 Å². The lowest BCUT2D eigenvalue weighted by molar-refractivity contribution is 0.0713. The van der Waals surface area contributed by atoms with E-state index in [2.05, 4.69) is 18.2 Å². The Kier molecular flexibility index (Phi) is 4.10. The minimum atomic E-state index is -0.643. The lowest BCUT2D eigenvalue weighted by Crippen LogP contribution is -2.27. The van der Waals surface area contributed by atoms with Crippen LogP contribution in [0.1, 0.15) is 39.2 Å². The predicted octanol–water partition coefficient (Wildman–Crippen LogP) is 3.64. The van der Waals surface area contributed by atoms with E-state index in [9.17, 15) is 5.11 Å². The largest absolute Gasteiger partial charge is 0.386 e. The van der Waals surface area contributed by atoms with Crippen LogP contribution in [0.5, 0.6) is 0 Å². The van der Waals surface area contributed by atoms with Crippen molar-refractivity contribution in [1.82, 2.24) is 0 Å². The first-order chi connectivity index (χ1) is 7.12. The van der Waals surface area contributed by atoms with Crippen molar-refractivity contribution >= 4 is 6.08 Å². The number of hydrogen-bond acceptors (Lipinski definition) is 1. The summed E-state index contributed by atoms with van der Waals surface area (Å²) in [5.74, 6) is 0. The fourth-order valence-corrected chi connectivity index (χ4v) is 1.74. The highest BCUT2D eigenvalue weighted by molar-refractivity contribution is 5.54. The summed E-state index contributed by atoms with van der Waals surface area (Å²) in [6.07, 6.45) is 3.59. The van der Waals surface area contributed by atoms with Gasteiger partial charge in [-0.15, -0.1) is 0 Å². The van der Waals surface area contributed by atoms with Gasteiger partial charge in [-0.25, -0.2) is 0 Å². The quantitative estimate of drug-likeness (QED) is 0.794. The Morgan fingerprint density at radius 1 is 1.20 bits per heavy atom. The maximum Gasteiger partial charge on any atom is 0.0852 e. The molecule has 0 aliphatic heterocycles. The van der Waals surface area contributed by atoms with E-state index >= 15 is 0 Å². The van der Waals surface area contributed by atoms with Crippen molar-refractivity contribution in [2.24, 2.45) is 0 Å². The maximum atomic E-state index is 10.3. The smallest absolute Gasteiger partial charge is 0.0852 e. The molecule has 0 heterocycles. The number of aliphatic hydroxyl groups is 1. The van der Waals surface area contributed by atoms with Gasteiger partial charge in [0.1, 0.15) is 0 Å². The molecule has 1 N–H and O–H groups in total. The Balaban J connectivity index is 2.93. The molecule has 0 spiro atoms. The molecular formula is C14H20O. The molecule has 0 saturated carbocycles. The van der Waals surface area contributed by atoms with E-state index in [1.54, 1.807) is 0 Å². The SMILES string of the molecule is CCC(O)(CC)/C(C)=C/c1ccccc1. The van der Waals surface area contributed by atoms with Crippen LogP contribution in [-0.2, 0) is 0 Å². The second kappa shape index (κ2) is 5.13. The monoisotopic (exact) mass is 204 g/mol. The van der Waals surface area contributed by atoms with Gasteiger partial charge in [-0.1, -0.05) is 50.3 Å². The Morgan fingerprint density at radius 3 is 2.20 bits per heavy atom. The number of hydrogen-bond donors (Lipinski definition) is 1. The molecule has 82 valence electrons. The molecule has 0 bridgehead atoms. The average molecular weight is 204 g/mol. The van der Waals surface area contributed by atoms with E-state index in [-0.39, 0.29) is 0 Å². The van der Waals surface area contributed by atoms with Gasteiger partial charge in [-0.2, -0.15) is 0 Å². The lowest BCUT2D eigenvalue weighted by Gasteiger charge is -2.26. The van der Waals surface area contributed by atoms with Crippen LogP contribution >= 0.6 is 0 Å². The predicted molar refractivity (Wildman–Crippen MR) is 65.6 cm³/mol. The molecule has 0 aliphatic carbocycles. The highest BCUT2D eigenvalue weighted by Crippen LogP contribution is 2.25. The number of benzene rings is 1. The molecular weight excluding hydrogens is 184 g/mol. The first-order valence-corrected chi connectivity index (χ1v) is 5.58. The summed E-state index contributed by atoms with van der Waals surface area (Å²) in [6, 6.07) is 10.1. The van der Waals surface area contributed by atoms with Gasteiger partial charge in [-0.05, 0) is 30.9 Å². The van der Waals surface area contributed by atoms with Gasteiger partial charge in [-0.3, -0.25) is 0 Å². The van der Waals surface area contributed by atoms with Crippen LogP contribution in [0.2, 0.25) is 0 Å². The molecule has 1 aromatic carbocycles. The normalized spacial score (nSPS) is 12.9. The van der Waals surface area contributed by atoms with E-state index in [0.717, 1.165) is 24.0 Å². The van der Waals surface area contributed by atoms with E-state index in [1.807, 2.05) is 39.0 Å². The second-order valence-electron chi connectivity index (χ2n) is 3.98. The van der Waals surface area contributed by atoms with Gasteiger partial charge in [0, 0.05) is 0 Å². The van der Waals surface area contributed by atoms with Gasteiger partial charge < -0.3 is 5.11 Å². The Labute approximate surface area is 92.5 Å². The van der Waals surface area contributed by atoms with Crippen LogP contribution in [0, 0.1) is 0 Å². The topological polar surface area (TPSA) is 20.2 Å². The van der Waals surface area contributed by atoms with Crippen LogP contribution < -0.4 is 0 Å². The zero-order chi connectivity index (χ0) is 11.3. The molecule has 1 rings (SSSR count). The molecule has 0 atom stereocenters. The summed E-state index contributed by atoms with van der Waals surface area (Å²) in [6.45, 7) is 6.04. The zero-order valence-electron chi connectivity index (χ0n) is 9.83. The average Bonchev–Trinajstić information content (AvgIpc) is 2.29. The third-order valence-electron chi connectivity index (χ3n) is 3.09. The first-order valence-electron chi connectivity index (χ1n) is 5.58. The van der Waals surface area contributed by atoms with Crippen molar-refractivity contribution in [3.8, 4) is 0 Å². The van der Waals surface area contributed by atoms with Crippen LogP contribution in [0.25, 0.3) is 6.08 Å². The van der Waals surface area contributed by atoms with Gasteiger partial charge in [0.15, 0.2) is 0 Å². The lowest BCUT2D eigenvalue weighted by atomic mass is 9.88. The zero-order valence-corrected chi connectivity index (χ0v) is 9.83. The van der Waals surface area contributed by atoms with Crippen LogP contribution in [0.4, 0.5) is 0 Å². The van der Waals surface area contributed by atoms with Crippen LogP contribution in [0.3, 0.4) is 0 Å². The third kappa shape index (κ3) is 2.93. The summed E-state index contributed by atoms with van der Waals surface area (Å²) in [5.41, 5.74) is 1.55. The fraction of sp³-hybridized carbons (Fsp3) is 0.429. The fourth-order valence-electron chi connectivity index (χ4n) is 1.74. The van der Waals surface area contributed by atoms with Crippen molar-refractivity contribution < 1.29 is 5.11 Å². The minimum Gasteiger partial charge on any atom is -0.386 e. The number of rotatable bonds is 4. The van der Waals surface area contributed by atoms with Crippen LogP contribution in [0.15, 0.2) is 35.9 Å². The molecule has 15 heavy (non-hydrogen) atoms. The van der Waals surface area contributed by atoms with Crippen molar-refractivity contribution in [3.63, 3.8) is 0 Å². The van der Waals surface area contributed by atoms with E-state index in [4.69, 9.17) is 0 Å². The molecule has 0 unspecified atom stereocenters. The molecule has 0 aromatic heterocycles. The van der Waals surface area contributed by atoms with Crippen molar-refractivity contribution in [3.05, 3.63) is 41.5 Å². The highest BCUT2D eigenvalue weighted by atomic mass is 16.3. The van der Waals surface area contributed by atoms with Crippen LogP contribution in [-0.4, -0.2) is 10.7 Å². The Hall–Kier alpha value is -1.08. The highest BCUT2D eigenvalue weighted by Gasteiger charge is 2.23. The summed E-state index contributed by atoms with van der Waals surface area (Å²) in [5, 5.41) is 10.3. The summed E-state index contributed by atoms with van der Waals surface area (Å²) >= 11 is 0. The maximum absolute atomic E-state index is 10.3. The third-order valence-corrected chi connectivity index (χ3v) is 3.09. The molecule has 0 amide bonds. The van der Waals surface area contributed by atoms with E-state index < -0.39 is 5.60 Å². The van der Waals surface area contributed by atoms with E-state index in [1.165, 1.54) is 0 Å². The van der Waals surface area contributed by atoms with Gasteiger partial charge in [0.05, 0.1) is 5.60 Å². The van der Waals surface area contributed by atoms with Gasteiger partial charge in [0.2, 0.25) is 0 Å². The summed E-state index contributed by atoms with van der Waals surface area (Å²) in [7, 11) is 0. The molecule has 0 fully saturated rings. The molecule has 1 nitrogen and oxygen atoms in total. The molecule has 0 radical (unpaired) electrons. The molecule has 0 saturated heterocycles. The minimum absolute atomic E-state index is 0.643. The molecule has 0 aliphatic rings. The summed E-state index contributed by atoms with van der Waals surface area (Å²) < 4.78 is 0.